The van der Waals surface area contributed by atoms with Gasteiger partial charge in [-0.3, -0.25) is 4.79 Å². The first-order valence-corrected chi connectivity index (χ1v) is 7.91. The number of amides is 2. The van der Waals surface area contributed by atoms with Gasteiger partial charge in [0.25, 0.3) is 0 Å². The van der Waals surface area contributed by atoms with Crippen LogP contribution < -0.4 is 0 Å². The number of carbonyl (C=O) groups excluding carboxylic acids is 1. The molecule has 0 aromatic carbocycles. The molecule has 5 heteroatoms. The highest BCUT2D eigenvalue weighted by Gasteiger charge is 2.42. The highest BCUT2D eigenvalue weighted by Crippen LogP contribution is 2.35. The van der Waals surface area contributed by atoms with E-state index in [1.54, 1.807) is 11.8 Å². The monoisotopic (exact) mass is 296 g/mol. The quantitative estimate of drug-likeness (QED) is 0.809. The van der Waals surface area contributed by atoms with E-state index in [9.17, 15) is 14.7 Å². The summed E-state index contributed by atoms with van der Waals surface area (Å²) in [6.45, 7) is 11.0. The standard InChI is InChI=1S/C16H28N2O3/c1-15(2,3)12-6-9-17(10-12)14(21)18-8-5-7-16(4,11-18)13(19)20/h12H,5-11H2,1-4H3,(H,19,20). The molecule has 0 saturated carbocycles. The number of likely N-dealkylation sites (tertiary alicyclic amines) is 2. The Hall–Kier alpha value is -1.26. The SMILES string of the molecule is CC1(C(=O)O)CCCN(C(=O)N2CCC(C(C)(C)C)C2)C1. The fraction of sp³-hybridized carbons (Fsp3) is 0.875. The minimum absolute atomic E-state index is 0.0222. The molecule has 2 atom stereocenters. The summed E-state index contributed by atoms with van der Waals surface area (Å²) >= 11 is 0. The van der Waals surface area contributed by atoms with Crippen LogP contribution >= 0.6 is 0 Å². The lowest BCUT2D eigenvalue weighted by atomic mass is 9.80. The Labute approximate surface area is 127 Å². The highest BCUT2D eigenvalue weighted by atomic mass is 16.4. The van der Waals surface area contributed by atoms with Gasteiger partial charge in [0, 0.05) is 26.2 Å². The number of carbonyl (C=O) groups is 2. The fourth-order valence-electron chi connectivity index (χ4n) is 3.42. The Kier molecular flexibility index (Phi) is 4.22. The molecular formula is C16H28N2O3. The maximum Gasteiger partial charge on any atom is 0.320 e. The summed E-state index contributed by atoms with van der Waals surface area (Å²) in [6, 6.07) is 0.0222. The van der Waals surface area contributed by atoms with Crippen molar-refractivity contribution in [3.05, 3.63) is 0 Å². The van der Waals surface area contributed by atoms with E-state index in [1.807, 2.05) is 4.90 Å². The first-order chi connectivity index (χ1) is 9.63. The lowest BCUT2D eigenvalue weighted by Crippen LogP contribution is -2.52. The number of hydrogen-bond acceptors (Lipinski definition) is 2. The zero-order valence-electron chi connectivity index (χ0n) is 13.7. The van der Waals surface area contributed by atoms with Crippen molar-refractivity contribution < 1.29 is 14.7 Å². The van der Waals surface area contributed by atoms with Crippen LogP contribution in [0.3, 0.4) is 0 Å². The van der Waals surface area contributed by atoms with Gasteiger partial charge in [0.1, 0.15) is 0 Å². The average molecular weight is 296 g/mol. The van der Waals surface area contributed by atoms with Crippen LogP contribution in [0.15, 0.2) is 0 Å². The number of nitrogens with zero attached hydrogens (tertiary/aromatic N) is 2. The molecule has 0 radical (unpaired) electrons. The first-order valence-electron chi connectivity index (χ1n) is 7.91. The van der Waals surface area contributed by atoms with Gasteiger partial charge in [-0.25, -0.2) is 4.79 Å². The summed E-state index contributed by atoms with van der Waals surface area (Å²) in [5.41, 5.74) is -0.580. The largest absolute Gasteiger partial charge is 0.481 e. The lowest BCUT2D eigenvalue weighted by molar-refractivity contribution is -0.150. The van der Waals surface area contributed by atoms with Gasteiger partial charge in [-0.1, -0.05) is 20.8 Å². The van der Waals surface area contributed by atoms with Gasteiger partial charge in [-0.2, -0.15) is 0 Å². The van der Waals surface area contributed by atoms with E-state index in [-0.39, 0.29) is 11.4 Å². The van der Waals surface area contributed by atoms with Crippen LogP contribution in [0.1, 0.15) is 47.0 Å². The van der Waals surface area contributed by atoms with Gasteiger partial charge < -0.3 is 14.9 Å². The predicted octanol–water partition coefficient (Wildman–Crippen LogP) is 2.66. The second kappa shape index (κ2) is 5.50. The van der Waals surface area contributed by atoms with E-state index in [1.165, 1.54) is 0 Å². The molecule has 2 unspecified atom stereocenters. The molecule has 2 heterocycles. The Morgan fingerprint density at radius 1 is 1.19 bits per heavy atom. The summed E-state index contributed by atoms with van der Waals surface area (Å²) in [6.07, 6.45) is 2.46. The topological polar surface area (TPSA) is 60.9 Å². The maximum atomic E-state index is 12.6. The third-order valence-corrected chi connectivity index (χ3v) is 5.17. The van der Waals surface area contributed by atoms with Gasteiger partial charge in [0.15, 0.2) is 0 Å². The minimum atomic E-state index is -0.797. The summed E-state index contributed by atoms with van der Waals surface area (Å²) in [7, 11) is 0. The first kappa shape index (κ1) is 16.1. The average Bonchev–Trinajstić information content (AvgIpc) is 2.87. The van der Waals surface area contributed by atoms with E-state index in [2.05, 4.69) is 20.8 Å². The number of carboxylic acid groups (broad SMARTS) is 1. The van der Waals surface area contributed by atoms with Gasteiger partial charge in [-0.05, 0) is 37.5 Å². The van der Waals surface area contributed by atoms with Gasteiger partial charge >= 0.3 is 12.0 Å². The number of hydrogen-bond donors (Lipinski definition) is 1. The lowest BCUT2D eigenvalue weighted by Gasteiger charge is -2.39. The second-order valence-electron chi connectivity index (χ2n) is 7.97. The molecule has 0 aromatic heterocycles. The van der Waals surface area contributed by atoms with Crippen molar-refractivity contribution in [3.8, 4) is 0 Å². The molecule has 2 aliphatic heterocycles. The molecule has 2 fully saturated rings. The molecule has 0 bridgehead atoms. The third kappa shape index (κ3) is 3.33. The van der Waals surface area contributed by atoms with Crippen LogP contribution in [0.25, 0.3) is 0 Å². The molecule has 21 heavy (non-hydrogen) atoms. The summed E-state index contributed by atoms with van der Waals surface area (Å²) in [5, 5.41) is 9.36. The van der Waals surface area contributed by atoms with Crippen molar-refractivity contribution in [3.63, 3.8) is 0 Å². The smallest absolute Gasteiger partial charge is 0.320 e. The molecule has 0 aromatic rings. The van der Waals surface area contributed by atoms with Gasteiger partial charge in [0.05, 0.1) is 5.41 Å². The molecule has 2 rings (SSSR count). The maximum absolute atomic E-state index is 12.6. The second-order valence-corrected chi connectivity index (χ2v) is 7.97. The number of piperidine rings is 1. The molecule has 2 saturated heterocycles. The van der Waals surface area contributed by atoms with Crippen molar-refractivity contribution in [2.24, 2.45) is 16.7 Å². The van der Waals surface area contributed by atoms with Gasteiger partial charge in [-0.15, -0.1) is 0 Å². The van der Waals surface area contributed by atoms with Crippen molar-refractivity contribution in [1.82, 2.24) is 9.80 Å². The van der Waals surface area contributed by atoms with Crippen LogP contribution in [-0.2, 0) is 4.79 Å². The van der Waals surface area contributed by atoms with Crippen LogP contribution in [0, 0.1) is 16.7 Å². The number of aliphatic carboxylic acids is 1. The fourth-order valence-corrected chi connectivity index (χ4v) is 3.42. The predicted molar refractivity (Wildman–Crippen MR) is 81.1 cm³/mol. The number of rotatable bonds is 1. The van der Waals surface area contributed by atoms with Crippen molar-refractivity contribution in [1.29, 1.82) is 0 Å². The minimum Gasteiger partial charge on any atom is -0.481 e. The molecular weight excluding hydrogens is 268 g/mol. The van der Waals surface area contributed by atoms with E-state index < -0.39 is 11.4 Å². The Balaban J connectivity index is 2.00. The molecule has 0 aliphatic carbocycles. The third-order valence-electron chi connectivity index (χ3n) is 5.17. The Bertz CT molecular complexity index is 430. The van der Waals surface area contributed by atoms with Crippen LogP contribution in [0.5, 0.6) is 0 Å². The van der Waals surface area contributed by atoms with Crippen LogP contribution in [0.2, 0.25) is 0 Å². The van der Waals surface area contributed by atoms with Crippen molar-refractivity contribution >= 4 is 12.0 Å². The molecule has 1 N–H and O–H groups in total. The Morgan fingerprint density at radius 3 is 2.38 bits per heavy atom. The highest BCUT2D eigenvalue weighted by molar-refractivity contribution is 5.78. The molecule has 5 nitrogen and oxygen atoms in total. The van der Waals surface area contributed by atoms with Crippen LogP contribution in [-0.4, -0.2) is 53.1 Å². The number of urea groups is 1. The van der Waals surface area contributed by atoms with Crippen LogP contribution in [0.4, 0.5) is 4.79 Å². The zero-order valence-corrected chi connectivity index (χ0v) is 13.7. The van der Waals surface area contributed by atoms with E-state index in [0.717, 1.165) is 25.9 Å². The summed E-state index contributed by atoms with van der Waals surface area (Å²) in [4.78, 5) is 27.7. The molecule has 2 amide bonds. The van der Waals surface area contributed by atoms with E-state index in [4.69, 9.17) is 0 Å². The van der Waals surface area contributed by atoms with Gasteiger partial charge in [0.2, 0.25) is 0 Å². The Morgan fingerprint density at radius 2 is 1.86 bits per heavy atom. The van der Waals surface area contributed by atoms with E-state index in [0.29, 0.717) is 25.4 Å². The molecule has 120 valence electrons. The summed E-state index contributed by atoms with van der Waals surface area (Å²) in [5.74, 6) is -0.272. The van der Waals surface area contributed by atoms with Crippen molar-refractivity contribution in [2.45, 2.75) is 47.0 Å². The van der Waals surface area contributed by atoms with Crippen molar-refractivity contribution in [2.75, 3.05) is 26.2 Å². The molecule has 0 spiro atoms. The molecule has 2 aliphatic rings. The normalized spacial score (nSPS) is 30.6. The van der Waals surface area contributed by atoms with E-state index >= 15 is 0 Å². The number of carboxylic acids is 1. The summed E-state index contributed by atoms with van der Waals surface area (Å²) < 4.78 is 0. The zero-order chi connectivity index (χ0) is 15.8.